The largest absolute Gasteiger partial charge is 0.508 e. The fraction of sp³-hybridized carbons (Fsp3) is 0.167. The van der Waals surface area contributed by atoms with Crippen LogP contribution in [0.2, 0.25) is 0 Å². The van der Waals surface area contributed by atoms with Gasteiger partial charge in [-0.1, -0.05) is 0 Å². The number of rotatable bonds is 5. The summed E-state index contributed by atoms with van der Waals surface area (Å²) in [4.78, 5) is 35.2. The van der Waals surface area contributed by atoms with Crippen molar-refractivity contribution in [1.82, 2.24) is 0 Å². The highest BCUT2D eigenvalue weighted by Crippen LogP contribution is 2.20. The molecule has 8 heteroatoms. The Labute approximate surface area is 150 Å². The van der Waals surface area contributed by atoms with Crippen LogP contribution in [0.5, 0.6) is 5.75 Å². The first-order valence-corrected chi connectivity index (χ1v) is 7.74. The van der Waals surface area contributed by atoms with Crippen LogP contribution in [0.4, 0.5) is 17.1 Å². The van der Waals surface area contributed by atoms with Crippen LogP contribution in [0.1, 0.15) is 24.2 Å². The predicted octanol–water partition coefficient (Wildman–Crippen LogP) is 2.12. The lowest BCUT2D eigenvalue weighted by Crippen LogP contribution is -2.30. The fourth-order valence-electron chi connectivity index (χ4n) is 2.08. The Bertz CT molecular complexity index is 833. The maximum absolute atomic E-state index is 12.2. The van der Waals surface area contributed by atoms with Crippen LogP contribution in [0, 0.1) is 0 Å². The van der Waals surface area contributed by atoms with Crippen molar-refractivity contribution in [2.24, 2.45) is 0 Å². The minimum Gasteiger partial charge on any atom is -0.508 e. The van der Waals surface area contributed by atoms with E-state index in [2.05, 4.69) is 10.6 Å². The molecule has 0 radical (unpaired) electrons. The number of nitrogens with one attached hydrogen (secondary N) is 2. The molecule has 0 spiro atoms. The van der Waals surface area contributed by atoms with Crippen LogP contribution in [-0.2, 0) is 14.3 Å². The molecule has 0 aliphatic rings. The average molecular weight is 357 g/mol. The van der Waals surface area contributed by atoms with E-state index >= 15 is 0 Å². The Kier molecular flexibility index (Phi) is 5.79. The van der Waals surface area contributed by atoms with E-state index in [-0.39, 0.29) is 22.9 Å². The van der Waals surface area contributed by atoms with Gasteiger partial charge in [0, 0.05) is 24.0 Å². The molecule has 0 bridgehead atoms. The molecule has 0 fully saturated rings. The van der Waals surface area contributed by atoms with Gasteiger partial charge in [-0.25, -0.2) is 4.79 Å². The lowest BCUT2D eigenvalue weighted by molar-refractivity contribution is -0.123. The van der Waals surface area contributed by atoms with Crippen molar-refractivity contribution >= 4 is 34.8 Å². The van der Waals surface area contributed by atoms with Crippen molar-refractivity contribution in [1.29, 1.82) is 0 Å². The number of phenolic OH excluding ortho intramolecular Hbond substituents is 1. The summed E-state index contributed by atoms with van der Waals surface area (Å²) in [6, 6.07) is 10.3. The third-order valence-electron chi connectivity index (χ3n) is 3.38. The number of nitrogens with two attached hydrogens (primary N) is 1. The highest BCUT2D eigenvalue weighted by molar-refractivity contribution is 5.99. The summed E-state index contributed by atoms with van der Waals surface area (Å²) in [6.45, 7) is 2.81. The molecule has 1 unspecified atom stereocenters. The molecule has 1 atom stereocenters. The van der Waals surface area contributed by atoms with E-state index in [9.17, 15) is 19.5 Å². The second-order valence-corrected chi connectivity index (χ2v) is 5.57. The summed E-state index contributed by atoms with van der Waals surface area (Å²) >= 11 is 0. The van der Waals surface area contributed by atoms with Gasteiger partial charge in [0.25, 0.3) is 5.91 Å². The molecule has 0 heterocycles. The summed E-state index contributed by atoms with van der Waals surface area (Å²) in [5, 5.41) is 14.6. The monoisotopic (exact) mass is 357 g/mol. The number of hydrogen-bond acceptors (Lipinski definition) is 6. The van der Waals surface area contributed by atoms with E-state index in [0.29, 0.717) is 11.4 Å². The van der Waals surface area contributed by atoms with Gasteiger partial charge >= 0.3 is 5.97 Å². The standard InChI is InChI=1S/C18H19N3O5/c1-10(26-18(25)15-9-14(23)7-8-16(15)19)17(24)21-13-5-3-12(4-6-13)20-11(2)22/h3-10,23H,19H2,1-2H3,(H,20,22)(H,21,24). The zero-order valence-electron chi connectivity index (χ0n) is 14.3. The summed E-state index contributed by atoms with van der Waals surface area (Å²) in [7, 11) is 0. The minimum absolute atomic E-state index is 0.0238. The minimum atomic E-state index is -1.08. The predicted molar refractivity (Wildman–Crippen MR) is 96.8 cm³/mol. The van der Waals surface area contributed by atoms with Crippen molar-refractivity contribution in [2.75, 3.05) is 16.4 Å². The van der Waals surface area contributed by atoms with Gasteiger partial charge in [0.15, 0.2) is 6.10 Å². The molecular formula is C18H19N3O5. The topological polar surface area (TPSA) is 131 Å². The average Bonchev–Trinajstić information content (AvgIpc) is 2.58. The van der Waals surface area contributed by atoms with Gasteiger partial charge in [-0.15, -0.1) is 0 Å². The molecule has 136 valence electrons. The SMILES string of the molecule is CC(=O)Nc1ccc(NC(=O)C(C)OC(=O)c2cc(O)ccc2N)cc1. The fourth-order valence-corrected chi connectivity index (χ4v) is 2.08. The van der Waals surface area contributed by atoms with Gasteiger partial charge in [-0.05, 0) is 49.4 Å². The van der Waals surface area contributed by atoms with E-state index in [0.717, 1.165) is 0 Å². The van der Waals surface area contributed by atoms with Gasteiger partial charge in [0.2, 0.25) is 5.91 Å². The Balaban J connectivity index is 1.97. The summed E-state index contributed by atoms with van der Waals surface area (Å²) in [5.74, 6) is -1.69. The van der Waals surface area contributed by atoms with Crippen molar-refractivity contribution in [3.63, 3.8) is 0 Å². The lowest BCUT2D eigenvalue weighted by atomic mass is 10.1. The summed E-state index contributed by atoms with van der Waals surface area (Å²) in [5.41, 5.74) is 6.85. The normalized spacial score (nSPS) is 11.3. The zero-order chi connectivity index (χ0) is 19.3. The Morgan fingerprint density at radius 1 is 1.04 bits per heavy atom. The van der Waals surface area contributed by atoms with Crippen LogP contribution < -0.4 is 16.4 Å². The van der Waals surface area contributed by atoms with Gasteiger partial charge in [0.05, 0.1) is 5.56 Å². The molecule has 0 aliphatic carbocycles. The number of ether oxygens (including phenoxy) is 1. The number of benzene rings is 2. The van der Waals surface area contributed by atoms with Gasteiger partial charge in [-0.3, -0.25) is 9.59 Å². The number of phenols is 1. The molecule has 0 saturated carbocycles. The number of esters is 1. The third-order valence-corrected chi connectivity index (χ3v) is 3.38. The molecule has 2 rings (SSSR count). The van der Waals surface area contributed by atoms with Crippen molar-refractivity contribution in [2.45, 2.75) is 20.0 Å². The van der Waals surface area contributed by atoms with Crippen molar-refractivity contribution in [3.8, 4) is 5.75 Å². The second-order valence-electron chi connectivity index (χ2n) is 5.57. The van der Waals surface area contributed by atoms with E-state index in [1.165, 1.54) is 32.0 Å². The van der Waals surface area contributed by atoms with Gasteiger partial charge < -0.3 is 26.2 Å². The van der Waals surface area contributed by atoms with Crippen molar-refractivity contribution in [3.05, 3.63) is 48.0 Å². The van der Waals surface area contributed by atoms with E-state index in [1.807, 2.05) is 0 Å². The molecular weight excluding hydrogens is 338 g/mol. The van der Waals surface area contributed by atoms with Crippen molar-refractivity contribution < 1.29 is 24.2 Å². The molecule has 2 aromatic rings. The number of anilines is 3. The van der Waals surface area contributed by atoms with Crippen LogP contribution in [0.15, 0.2) is 42.5 Å². The second kappa shape index (κ2) is 8.02. The van der Waals surface area contributed by atoms with E-state index in [4.69, 9.17) is 10.5 Å². The molecule has 8 nitrogen and oxygen atoms in total. The quantitative estimate of drug-likeness (QED) is 0.368. The molecule has 0 saturated heterocycles. The maximum Gasteiger partial charge on any atom is 0.341 e. The smallest absolute Gasteiger partial charge is 0.341 e. The number of carbonyl (C=O) groups is 3. The Morgan fingerprint density at radius 3 is 2.19 bits per heavy atom. The number of aromatic hydroxyl groups is 1. The van der Waals surface area contributed by atoms with E-state index in [1.54, 1.807) is 24.3 Å². The molecule has 0 aliphatic heterocycles. The van der Waals surface area contributed by atoms with Crippen LogP contribution in [0.25, 0.3) is 0 Å². The number of carbonyl (C=O) groups excluding carboxylic acids is 3. The van der Waals surface area contributed by atoms with Crippen LogP contribution in [0.3, 0.4) is 0 Å². The highest BCUT2D eigenvalue weighted by atomic mass is 16.5. The molecule has 26 heavy (non-hydrogen) atoms. The summed E-state index contributed by atoms with van der Waals surface area (Å²) in [6.07, 6.45) is -1.08. The number of hydrogen-bond donors (Lipinski definition) is 4. The van der Waals surface area contributed by atoms with Gasteiger partial charge in [-0.2, -0.15) is 0 Å². The first-order valence-electron chi connectivity index (χ1n) is 7.74. The molecule has 2 amide bonds. The van der Waals surface area contributed by atoms with Crippen LogP contribution in [-0.4, -0.2) is 29.0 Å². The third kappa shape index (κ3) is 4.97. The molecule has 5 N–H and O–H groups in total. The first kappa shape index (κ1) is 18.8. The van der Waals surface area contributed by atoms with E-state index < -0.39 is 18.0 Å². The van der Waals surface area contributed by atoms with Gasteiger partial charge in [0.1, 0.15) is 5.75 Å². The Hall–Kier alpha value is -3.55. The first-order chi connectivity index (χ1) is 12.3. The highest BCUT2D eigenvalue weighted by Gasteiger charge is 2.21. The number of amides is 2. The van der Waals surface area contributed by atoms with Crippen LogP contribution >= 0.6 is 0 Å². The zero-order valence-corrected chi connectivity index (χ0v) is 14.3. The molecule has 2 aromatic carbocycles. The lowest BCUT2D eigenvalue weighted by Gasteiger charge is -2.14. The molecule has 0 aromatic heterocycles. The maximum atomic E-state index is 12.2. The Morgan fingerprint density at radius 2 is 1.62 bits per heavy atom. The summed E-state index contributed by atoms with van der Waals surface area (Å²) < 4.78 is 5.08. The number of nitrogen functional groups attached to an aromatic ring is 1.